The molecule has 0 spiro atoms. The van der Waals surface area contributed by atoms with E-state index in [0.717, 1.165) is 31.9 Å². The third-order valence-electron chi connectivity index (χ3n) is 4.48. The van der Waals surface area contributed by atoms with E-state index in [-0.39, 0.29) is 23.4 Å². The molecule has 3 amide bonds. The number of ether oxygens (including phenoxy) is 1. The highest BCUT2D eigenvalue weighted by atomic mass is 19.4. The highest BCUT2D eigenvalue weighted by Crippen LogP contribution is 2.19. The molecule has 3 N–H and O–H groups in total. The maximum atomic E-state index is 12.4. The van der Waals surface area contributed by atoms with Gasteiger partial charge in [0.1, 0.15) is 0 Å². The van der Waals surface area contributed by atoms with Crippen LogP contribution in [0.15, 0.2) is 36.5 Å². The Bertz CT molecular complexity index is 864. The van der Waals surface area contributed by atoms with E-state index in [2.05, 4.69) is 16.0 Å². The fourth-order valence-corrected chi connectivity index (χ4v) is 2.87. The summed E-state index contributed by atoms with van der Waals surface area (Å²) < 4.78 is 41.8. The molecule has 1 saturated carbocycles. The lowest BCUT2D eigenvalue weighted by Gasteiger charge is -2.16. The van der Waals surface area contributed by atoms with Crippen molar-refractivity contribution < 1.29 is 37.1 Å². The minimum atomic E-state index is -5.01. The molecule has 1 atom stereocenters. The molecule has 1 fully saturated rings. The molecule has 1 aromatic carbocycles. The second kappa shape index (κ2) is 10.6. The van der Waals surface area contributed by atoms with E-state index < -0.39 is 36.0 Å². The largest absolute Gasteiger partial charge is 0.454 e. The normalized spacial score (nSPS) is 15.4. The number of ketones is 1. The summed E-state index contributed by atoms with van der Waals surface area (Å²) in [5.41, 5.74) is -0.0213. The SMILES string of the molecule is CC(OC(=O)c1ccccc1N/C=C/C(=O)C(F)(F)F)C(=O)NC(=O)NC1CCCC1. The van der Waals surface area contributed by atoms with Crippen LogP contribution in [0.3, 0.4) is 0 Å². The molecule has 0 radical (unpaired) electrons. The average molecular weight is 441 g/mol. The molecule has 0 aromatic heterocycles. The lowest BCUT2D eigenvalue weighted by Crippen LogP contribution is -2.47. The molecular formula is C20H22F3N3O5. The van der Waals surface area contributed by atoms with Crippen molar-refractivity contribution in [2.75, 3.05) is 5.32 Å². The zero-order valence-electron chi connectivity index (χ0n) is 16.6. The minimum Gasteiger partial charge on any atom is -0.449 e. The molecule has 0 aliphatic heterocycles. The topological polar surface area (TPSA) is 114 Å². The number of urea groups is 1. The summed E-state index contributed by atoms with van der Waals surface area (Å²) in [5, 5.41) is 7.17. The molecule has 2 rings (SSSR count). The fraction of sp³-hybridized carbons (Fsp3) is 0.400. The maximum Gasteiger partial charge on any atom is 0.454 e. The molecule has 31 heavy (non-hydrogen) atoms. The number of halogens is 3. The van der Waals surface area contributed by atoms with Crippen LogP contribution in [0.4, 0.5) is 23.7 Å². The number of nitrogens with one attached hydrogen (secondary N) is 3. The van der Waals surface area contributed by atoms with Crippen molar-refractivity contribution in [3.05, 3.63) is 42.1 Å². The lowest BCUT2D eigenvalue weighted by molar-refractivity contribution is -0.165. The first-order chi connectivity index (χ1) is 14.6. The number of carbonyl (C=O) groups is 4. The van der Waals surface area contributed by atoms with Gasteiger partial charge in [0, 0.05) is 18.3 Å². The smallest absolute Gasteiger partial charge is 0.449 e. The average Bonchev–Trinajstić information content (AvgIpc) is 3.20. The molecular weight excluding hydrogens is 419 g/mol. The summed E-state index contributed by atoms with van der Waals surface area (Å²) in [6.45, 7) is 1.27. The van der Waals surface area contributed by atoms with E-state index >= 15 is 0 Å². The van der Waals surface area contributed by atoms with Crippen LogP contribution in [0, 0.1) is 0 Å². The lowest BCUT2D eigenvalue weighted by atomic mass is 10.2. The van der Waals surface area contributed by atoms with E-state index in [1.807, 2.05) is 0 Å². The monoisotopic (exact) mass is 441 g/mol. The predicted octanol–water partition coefficient (Wildman–Crippen LogP) is 3.06. The first kappa shape index (κ1) is 23.9. The number of hydrogen-bond acceptors (Lipinski definition) is 6. The third-order valence-corrected chi connectivity index (χ3v) is 4.48. The zero-order valence-corrected chi connectivity index (χ0v) is 16.6. The zero-order chi connectivity index (χ0) is 23.0. The van der Waals surface area contributed by atoms with E-state index in [9.17, 15) is 32.3 Å². The Kier molecular flexibility index (Phi) is 8.17. The van der Waals surface area contributed by atoms with E-state index in [1.54, 1.807) is 0 Å². The Morgan fingerprint density at radius 2 is 1.77 bits per heavy atom. The van der Waals surface area contributed by atoms with Crippen molar-refractivity contribution in [3.8, 4) is 0 Å². The second-order valence-corrected chi connectivity index (χ2v) is 6.88. The number of benzene rings is 1. The second-order valence-electron chi connectivity index (χ2n) is 6.88. The summed E-state index contributed by atoms with van der Waals surface area (Å²) in [5.74, 6) is -3.84. The summed E-state index contributed by atoms with van der Waals surface area (Å²) in [6, 6.07) is 5.00. The highest BCUT2D eigenvalue weighted by Gasteiger charge is 2.36. The first-order valence-corrected chi connectivity index (χ1v) is 9.53. The van der Waals surface area contributed by atoms with Crippen LogP contribution in [0.2, 0.25) is 0 Å². The number of allylic oxidation sites excluding steroid dienone is 1. The number of para-hydroxylation sites is 1. The van der Waals surface area contributed by atoms with Gasteiger partial charge in [-0.2, -0.15) is 13.2 Å². The van der Waals surface area contributed by atoms with Crippen LogP contribution in [-0.4, -0.2) is 42.0 Å². The van der Waals surface area contributed by atoms with E-state index in [4.69, 9.17) is 4.74 Å². The van der Waals surface area contributed by atoms with Gasteiger partial charge in [-0.15, -0.1) is 0 Å². The molecule has 8 nitrogen and oxygen atoms in total. The third kappa shape index (κ3) is 7.43. The number of amides is 3. The summed E-state index contributed by atoms with van der Waals surface area (Å²) >= 11 is 0. The van der Waals surface area contributed by atoms with Gasteiger partial charge in [0.25, 0.3) is 11.7 Å². The summed E-state index contributed by atoms with van der Waals surface area (Å²) in [6.07, 6.45) is -1.63. The molecule has 1 aromatic rings. The van der Waals surface area contributed by atoms with Gasteiger partial charge in [-0.05, 0) is 31.9 Å². The fourth-order valence-electron chi connectivity index (χ4n) is 2.87. The molecule has 1 aliphatic carbocycles. The molecule has 1 aliphatic rings. The number of hydrogen-bond donors (Lipinski definition) is 3. The van der Waals surface area contributed by atoms with Crippen molar-refractivity contribution in [1.82, 2.24) is 10.6 Å². The van der Waals surface area contributed by atoms with Crippen LogP contribution in [-0.2, 0) is 14.3 Å². The molecule has 1 unspecified atom stereocenters. The van der Waals surface area contributed by atoms with Gasteiger partial charge >= 0.3 is 18.2 Å². The number of alkyl halides is 3. The van der Waals surface area contributed by atoms with Crippen molar-refractivity contribution in [2.24, 2.45) is 0 Å². The first-order valence-electron chi connectivity index (χ1n) is 9.53. The Labute approximate surface area is 176 Å². The van der Waals surface area contributed by atoms with Gasteiger partial charge in [-0.25, -0.2) is 9.59 Å². The van der Waals surface area contributed by atoms with Gasteiger partial charge in [0.2, 0.25) is 0 Å². The Morgan fingerprint density at radius 1 is 1.13 bits per heavy atom. The number of anilines is 1. The van der Waals surface area contributed by atoms with Crippen LogP contribution in [0.1, 0.15) is 43.0 Å². The molecule has 0 bridgehead atoms. The minimum absolute atomic E-state index is 0.000824. The number of esters is 1. The highest BCUT2D eigenvalue weighted by molar-refractivity contribution is 6.00. The van der Waals surface area contributed by atoms with Crippen LogP contribution in [0.25, 0.3) is 0 Å². The Hall–Kier alpha value is -3.37. The quantitative estimate of drug-likeness (QED) is 0.443. The number of imide groups is 1. The number of carbonyl (C=O) groups excluding carboxylic acids is 4. The van der Waals surface area contributed by atoms with Gasteiger partial charge in [0.15, 0.2) is 6.10 Å². The Morgan fingerprint density at radius 3 is 2.42 bits per heavy atom. The van der Waals surface area contributed by atoms with Gasteiger partial charge < -0.3 is 15.4 Å². The molecule has 0 heterocycles. The van der Waals surface area contributed by atoms with Crippen molar-refractivity contribution in [2.45, 2.75) is 50.9 Å². The summed E-state index contributed by atoms with van der Waals surface area (Å²) in [4.78, 5) is 47.2. The van der Waals surface area contributed by atoms with Crippen LogP contribution >= 0.6 is 0 Å². The maximum absolute atomic E-state index is 12.4. The van der Waals surface area contributed by atoms with E-state index in [0.29, 0.717) is 0 Å². The molecule has 0 saturated heterocycles. The summed E-state index contributed by atoms with van der Waals surface area (Å²) in [7, 11) is 0. The predicted molar refractivity (Wildman–Crippen MR) is 104 cm³/mol. The Balaban J connectivity index is 1.93. The van der Waals surface area contributed by atoms with Gasteiger partial charge in [-0.3, -0.25) is 14.9 Å². The van der Waals surface area contributed by atoms with Gasteiger partial charge in [0.05, 0.1) is 11.3 Å². The molecule has 168 valence electrons. The van der Waals surface area contributed by atoms with E-state index in [1.165, 1.54) is 31.2 Å². The number of rotatable bonds is 7. The van der Waals surface area contributed by atoms with Crippen molar-refractivity contribution in [1.29, 1.82) is 0 Å². The standard InChI is InChI=1S/C20H22F3N3O5/c1-12(17(28)26-19(30)25-13-6-2-3-7-13)31-18(29)14-8-4-5-9-15(14)24-11-10-16(27)20(21,22)23/h4-5,8-13,24H,2-3,6-7H2,1H3,(H2,25,26,28,30)/b11-10+. The molecule has 11 heteroatoms. The van der Waals surface area contributed by atoms with Crippen LogP contribution in [0.5, 0.6) is 0 Å². The van der Waals surface area contributed by atoms with Crippen LogP contribution < -0.4 is 16.0 Å². The van der Waals surface area contributed by atoms with Crippen molar-refractivity contribution >= 4 is 29.4 Å². The van der Waals surface area contributed by atoms with Crippen molar-refractivity contribution in [3.63, 3.8) is 0 Å². The van der Waals surface area contributed by atoms with Gasteiger partial charge in [-0.1, -0.05) is 25.0 Å².